The lowest BCUT2D eigenvalue weighted by Crippen LogP contribution is -2.54. The van der Waals surface area contributed by atoms with Crippen LogP contribution >= 0.6 is 0 Å². The van der Waals surface area contributed by atoms with Crippen molar-refractivity contribution in [2.45, 2.75) is 70.2 Å². The van der Waals surface area contributed by atoms with Gasteiger partial charge in [-0.2, -0.15) is 0 Å². The number of methoxy groups -OCH3 is 1. The summed E-state index contributed by atoms with van der Waals surface area (Å²) in [5, 5.41) is 36.0. The van der Waals surface area contributed by atoms with E-state index in [1.165, 1.54) is 0 Å². The zero-order chi connectivity index (χ0) is 35.1. The van der Waals surface area contributed by atoms with Gasteiger partial charge >= 0.3 is 23.9 Å². The molecule has 0 saturated heterocycles. The number of rotatable bonds is 17. The second-order valence-electron chi connectivity index (χ2n) is 10.6. The summed E-state index contributed by atoms with van der Waals surface area (Å²) in [5.74, 6) is -8.57. The van der Waals surface area contributed by atoms with E-state index in [1.54, 1.807) is 12.1 Å². The van der Waals surface area contributed by atoms with Gasteiger partial charge in [-0.05, 0) is 16.7 Å². The summed E-state index contributed by atoms with van der Waals surface area (Å²) in [6.45, 7) is 2.02. The van der Waals surface area contributed by atoms with Crippen LogP contribution in [0.25, 0.3) is 11.1 Å². The Morgan fingerprint density at radius 3 is 1.91 bits per heavy atom. The zero-order valence-corrected chi connectivity index (χ0v) is 26.5. The molecule has 0 unspecified atom stereocenters. The first-order chi connectivity index (χ1) is 22.1. The van der Waals surface area contributed by atoms with Crippen LogP contribution in [-0.4, -0.2) is 101 Å². The Bertz CT molecular complexity index is 1380. The lowest BCUT2D eigenvalue weighted by molar-refractivity contribution is -0.216. The Balaban J connectivity index is 2.24. The van der Waals surface area contributed by atoms with E-state index in [9.17, 15) is 44.1 Å². The lowest BCUT2D eigenvalue weighted by Gasteiger charge is -2.33. The Kier molecular flexibility index (Phi) is 14.9. The van der Waals surface area contributed by atoms with Gasteiger partial charge in [-0.15, -0.1) is 0 Å². The summed E-state index contributed by atoms with van der Waals surface area (Å²) >= 11 is 0. The van der Waals surface area contributed by atoms with Gasteiger partial charge in [-0.3, -0.25) is 24.0 Å². The summed E-state index contributed by atoms with van der Waals surface area (Å²) in [4.78, 5) is 72.4. The van der Waals surface area contributed by atoms with Crippen molar-refractivity contribution in [3.63, 3.8) is 0 Å². The van der Waals surface area contributed by atoms with Crippen molar-refractivity contribution in [2.75, 3.05) is 20.3 Å². The van der Waals surface area contributed by atoms with Crippen LogP contribution in [0.4, 0.5) is 0 Å². The summed E-state index contributed by atoms with van der Waals surface area (Å²) < 4.78 is 19.6. The van der Waals surface area contributed by atoms with E-state index in [2.05, 4.69) is 20.1 Å². The number of carbonyl (C=O) groups is 6. The monoisotopic (exact) mass is 660 g/mol. The van der Waals surface area contributed by atoms with Crippen molar-refractivity contribution in [2.24, 2.45) is 0 Å². The maximum absolute atomic E-state index is 12.9. The smallest absolute Gasteiger partial charge is 0.366 e. The van der Waals surface area contributed by atoms with Gasteiger partial charge in [0.2, 0.25) is 5.91 Å². The Labute approximate surface area is 271 Å². The van der Waals surface area contributed by atoms with Gasteiger partial charge in [0.05, 0.1) is 32.2 Å². The fourth-order valence-corrected chi connectivity index (χ4v) is 4.52. The molecule has 47 heavy (non-hydrogen) atoms. The fourth-order valence-electron chi connectivity index (χ4n) is 4.52. The minimum atomic E-state index is -3.19. The first kappa shape index (κ1) is 38.3. The summed E-state index contributed by atoms with van der Waals surface area (Å²) in [6, 6.07) is 15.4. The standard InChI is InChI=1S/C32H40N2O13/c1-19(35)45-18-30(40)34-25(26(38)16-32(42,43)31(41)44-4)15-27(46-20(2)36)28(47-21(3)37)17-33-29(39)14-22-10-12-24(13-11-22)23-8-6-5-7-9-23/h5-13,25-28,38,42-43H,14-18H2,1-4H3,(H,33,39)(H,34,40)/t25-,26-,27-,28+/m0/s1. The molecule has 2 amide bonds. The van der Waals surface area contributed by atoms with Crippen LogP contribution in [0.5, 0.6) is 0 Å². The van der Waals surface area contributed by atoms with Gasteiger partial charge in [-0.1, -0.05) is 54.6 Å². The van der Waals surface area contributed by atoms with Gasteiger partial charge in [-0.25, -0.2) is 4.79 Å². The molecule has 0 aliphatic rings. The molecule has 0 spiro atoms. The highest BCUT2D eigenvalue weighted by Crippen LogP contribution is 2.21. The van der Waals surface area contributed by atoms with E-state index in [1.807, 2.05) is 42.5 Å². The first-order valence-corrected chi connectivity index (χ1v) is 14.5. The van der Waals surface area contributed by atoms with Crippen molar-refractivity contribution in [3.05, 3.63) is 60.2 Å². The highest BCUT2D eigenvalue weighted by atomic mass is 16.6. The molecule has 0 bridgehead atoms. The first-order valence-electron chi connectivity index (χ1n) is 14.5. The molecule has 0 fully saturated rings. The summed E-state index contributed by atoms with van der Waals surface area (Å²) in [7, 11) is 0.878. The van der Waals surface area contributed by atoms with E-state index in [4.69, 9.17) is 9.47 Å². The molecule has 256 valence electrons. The Morgan fingerprint density at radius 1 is 0.787 bits per heavy atom. The molecule has 2 aromatic carbocycles. The van der Waals surface area contributed by atoms with Crippen LogP contribution in [-0.2, 0) is 54.1 Å². The number of hydrogen-bond donors (Lipinski definition) is 5. The minimum absolute atomic E-state index is 0.0454. The van der Waals surface area contributed by atoms with Crippen molar-refractivity contribution >= 4 is 35.7 Å². The average molecular weight is 661 g/mol. The van der Waals surface area contributed by atoms with Crippen LogP contribution in [0.1, 0.15) is 39.2 Å². The van der Waals surface area contributed by atoms with Gasteiger partial charge < -0.3 is 44.9 Å². The van der Waals surface area contributed by atoms with Gasteiger partial charge in [0, 0.05) is 33.6 Å². The lowest BCUT2D eigenvalue weighted by atomic mass is 9.94. The van der Waals surface area contributed by atoms with Crippen molar-refractivity contribution in [3.8, 4) is 11.1 Å². The molecular formula is C32H40N2O13. The van der Waals surface area contributed by atoms with E-state index in [0.29, 0.717) is 5.56 Å². The molecule has 0 aliphatic carbocycles. The molecule has 0 aromatic heterocycles. The highest BCUT2D eigenvalue weighted by Gasteiger charge is 2.41. The topological polar surface area (TPSA) is 224 Å². The fraction of sp³-hybridized carbons (Fsp3) is 0.438. The number of hydrogen-bond acceptors (Lipinski definition) is 13. The SMILES string of the molecule is COC(=O)C(O)(O)C[C@H](O)[C@H](C[C@H](OC(C)=O)[C@@H](CNC(=O)Cc1ccc(-c2ccccc2)cc1)OC(C)=O)NC(=O)COC(C)=O. The Hall–Kier alpha value is -4.86. The molecule has 15 nitrogen and oxygen atoms in total. The number of nitrogens with one attached hydrogen (secondary N) is 2. The molecule has 5 N–H and O–H groups in total. The third-order valence-corrected chi connectivity index (χ3v) is 6.69. The van der Waals surface area contributed by atoms with Crippen molar-refractivity contribution in [1.29, 1.82) is 0 Å². The second-order valence-corrected chi connectivity index (χ2v) is 10.6. The third-order valence-electron chi connectivity index (χ3n) is 6.69. The van der Waals surface area contributed by atoms with Crippen LogP contribution in [0, 0.1) is 0 Å². The molecule has 2 aromatic rings. The predicted octanol–water partition coefficient (Wildman–Crippen LogP) is -0.0814. The summed E-state index contributed by atoms with van der Waals surface area (Å²) in [6.07, 6.45) is -6.34. The van der Waals surface area contributed by atoms with Crippen LogP contribution < -0.4 is 10.6 Å². The molecule has 4 atom stereocenters. The molecule has 0 heterocycles. The van der Waals surface area contributed by atoms with E-state index in [-0.39, 0.29) is 13.0 Å². The quantitative estimate of drug-likeness (QED) is 0.0852. The molecule has 15 heteroatoms. The van der Waals surface area contributed by atoms with E-state index >= 15 is 0 Å². The minimum Gasteiger partial charge on any atom is -0.465 e. The number of amides is 2. The van der Waals surface area contributed by atoms with Gasteiger partial charge in [0.1, 0.15) is 6.10 Å². The van der Waals surface area contributed by atoms with Crippen LogP contribution in [0.15, 0.2) is 54.6 Å². The zero-order valence-electron chi connectivity index (χ0n) is 26.5. The normalized spacial score (nSPS) is 13.6. The maximum atomic E-state index is 12.9. The molecule has 2 rings (SSSR count). The van der Waals surface area contributed by atoms with Gasteiger partial charge in [0.25, 0.3) is 11.7 Å². The van der Waals surface area contributed by atoms with Crippen molar-refractivity contribution in [1.82, 2.24) is 10.6 Å². The number of ether oxygens (including phenoxy) is 4. The average Bonchev–Trinajstić information content (AvgIpc) is 3.01. The van der Waals surface area contributed by atoms with E-state index in [0.717, 1.165) is 39.0 Å². The molecule has 0 saturated carbocycles. The second kappa shape index (κ2) is 18.3. The third kappa shape index (κ3) is 13.6. The van der Waals surface area contributed by atoms with Crippen LogP contribution in [0.2, 0.25) is 0 Å². The van der Waals surface area contributed by atoms with E-state index < -0.39 is 85.3 Å². The van der Waals surface area contributed by atoms with Crippen molar-refractivity contribution < 1.29 is 63.0 Å². The number of aliphatic hydroxyl groups is 3. The predicted molar refractivity (Wildman–Crippen MR) is 163 cm³/mol. The Morgan fingerprint density at radius 2 is 1.36 bits per heavy atom. The molecule has 0 radical (unpaired) electrons. The number of esters is 4. The van der Waals surface area contributed by atoms with Gasteiger partial charge in [0.15, 0.2) is 12.7 Å². The largest absolute Gasteiger partial charge is 0.465 e. The summed E-state index contributed by atoms with van der Waals surface area (Å²) in [5.41, 5.74) is 2.64. The molecular weight excluding hydrogens is 620 g/mol. The number of carbonyl (C=O) groups excluding carboxylic acids is 6. The van der Waals surface area contributed by atoms with Crippen LogP contribution in [0.3, 0.4) is 0 Å². The maximum Gasteiger partial charge on any atom is 0.366 e. The number of benzene rings is 2. The highest BCUT2D eigenvalue weighted by molar-refractivity contribution is 5.81. The number of aliphatic hydroxyl groups excluding tert-OH is 1. The molecule has 0 aliphatic heterocycles.